The van der Waals surface area contributed by atoms with E-state index in [4.69, 9.17) is 9.47 Å². The van der Waals surface area contributed by atoms with Crippen molar-refractivity contribution in [1.82, 2.24) is 4.90 Å². The maximum Gasteiger partial charge on any atom is 0.247 e. The van der Waals surface area contributed by atoms with Crippen LogP contribution in [-0.4, -0.2) is 30.6 Å². The van der Waals surface area contributed by atoms with Gasteiger partial charge in [-0.2, -0.15) is 11.3 Å². The fourth-order valence-corrected chi connectivity index (χ4v) is 4.03. The van der Waals surface area contributed by atoms with Gasteiger partial charge in [-0.25, -0.2) is 0 Å². The lowest BCUT2D eigenvalue weighted by molar-refractivity contribution is -0.126. The van der Waals surface area contributed by atoms with E-state index in [-0.39, 0.29) is 11.9 Å². The summed E-state index contributed by atoms with van der Waals surface area (Å²) >= 11 is 1.63. The number of hydrogen-bond acceptors (Lipinski definition) is 4. The molecule has 1 unspecified atom stereocenters. The first-order valence-electron chi connectivity index (χ1n) is 8.72. The smallest absolute Gasteiger partial charge is 0.247 e. The van der Waals surface area contributed by atoms with Crippen LogP contribution in [0.5, 0.6) is 11.5 Å². The predicted octanol–water partition coefficient (Wildman–Crippen LogP) is 4.29. The minimum Gasteiger partial charge on any atom is -0.490 e. The van der Waals surface area contributed by atoms with Gasteiger partial charge in [-0.15, -0.1) is 0 Å². The van der Waals surface area contributed by atoms with Crippen LogP contribution < -0.4 is 9.47 Å². The Kier molecular flexibility index (Phi) is 4.74. The molecule has 2 aliphatic heterocycles. The molecule has 1 aromatic carbocycles. The zero-order valence-electron chi connectivity index (χ0n) is 14.0. The second-order valence-electron chi connectivity index (χ2n) is 6.34. The van der Waals surface area contributed by atoms with E-state index in [0.29, 0.717) is 13.2 Å². The fourth-order valence-electron chi connectivity index (χ4n) is 3.40. The van der Waals surface area contributed by atoms with Gasteiger partial charge in [0.25, 0.3) is 0 Å². The lowest BCUT2D eigenvalue weighted by Gasteiger charge is -2.24. The van der Waals surface area contributed by atoms with E-state index in [1.54, 1.807) is 17.4 Å². The standard InChI is InChI=1S/C20H21NO3S/c22-20(7-4-15-8-12-25-14-15)21-9-1-3-17(21)16-5-6-18-19(13-16)24-11-2-10-23-18/h4-8,12-14,17H,1-3,9-11H2. The van der Waals surface area contributed by atoms with Gasteiger partial charge in [-0.05, 0) is 59.0 Å². The average Bonchev–Trinajstić information content (AvgIpc) is 3.27. The van der Waals surface area contributed by atoms with Gasteiger partial charge in [-0.3, -0.25) is 4.79 Å². The Bertz CT molecular complexity index is 769. The van der Waals surface area contributed by atoms with Crippen LogP contribution in [0.2, 0.25) is 0 Å². The van der Waals surface area contributed by atoms with Crippen LogP contribution in [0.1, 0.15) is 36.4 Å². The summed E-state index contributed by atoms with van der Waals surface area (Å²) in [6.45, 7) is 2.16. The van der Waals surface area contributed by atoms with Gasteiger partial charge in [-0.1, -0.05) is 6.07 Å². The number of benzene rings is 1. The van der Waals surface area contributed by atoms with E-state index in [1.807, 2.05) is 39.9 Å². The Hall–Kier alpha value is -2.27. The van der Waals surface area contributed by atoms with Crippen molar-refractivity contribution in [3.05, 3.63) is 52.2 Å². The molecule has 130 valence electrons. The van der Waals surface area contributed by atoms with E-state index in [9.17, 15) is 4.79 Å². The summed E-state index contributed by atoms with van der Waals surface area (Å²) in [5, 5.41) is 4.05. The number of fused-ring (bicyclic) bond motifs is 1. The highest BCUT2D eigenvalue weighted by Gasteiger charge is 2.29. The SMILES string of the molecule is O=C(C=Cc1ccsc1)N1CCCC1c1ccc2c(c1)OCCCO2. The summed E-state index contributed by atoms with van der Waals surface area (Å²) in [4.78, 5) is 14.6. The first-order valence-corrected chi connectivity index (χ1v) is 9.66. The Balaban J connectivity index is 1.53. The van der Waals surface area contributed by atoms with Crippen LogP contribution in [0.3, 0.4) is 0 Å². The van der Waals surface area contributed by atoms with E-state index in [0.717, 1.165) is 48.4 Å². The molecule has 0 bridgehead atoms. The van der Waals surface area contributed by atoms with Crippen LogP contribution in [-0.2, 0) is 4.79 Å². The topological polar surface area (TPSA) is 38.8 Å². The second-order valence-corrected chi connectivity index (χ2v) is 7.12. The molecule has 2 aromatic rings. The van der Waals surface area contributed by atoms with Crippen molar-refractivity contribution >= 4 is 23.3 Å². The molecule has 0 saturated carbocycles. The molecular formula is C20H21NO3S. The Morgan fingerprint density at radius 1 is 1.16 bits per heavy atom. The zero-order chi connectivity index (χ0) is 17.1. The van der Waals surface area contributed by atoms with Gasteiger partial charge in [0.1, 0.15) is 0 Å². The number of amides is 1. The molecule has 1 aromatic heterocycles. The monoisotopic (exact) mass is 355 g/mol. The zero-order valence-corrected chi connectivity index (χ0v) is 14.8. The van der Waals surface area contributed by atoms with Crippen molar-refractivity contribution in [1.29, 1.82) is 0 Å². The van der Waals surface area contributed by atoms with Crippen LogP contribution in [0.4, 0.5) is 0 Å². The molecule has 0 radical (unpaired) electrons. The molecule has 1 atom stereocenters. The van der Waals surface area contributed by atoms with E-state index in [1.165, 1.54) is 0 Å². The van der Waals surface area contributed by atoms with Crippen molar-refractivity contribution in [2.75, 3.05) is 19.8 Å². The molecular weight excluding hydrogens is 334 g/mol. The number of carbonyl (C=O) groups is 1. The molecule has 0 aliphatic carbocycles. The molecule has 0 spiro atoms. The highest BCUT2D eigenvalue weighted by atomic mass is 32.1. The minimum absolute atomic E-state index is 0.0702. The van der Waals surface area contributed by atoms with Crippen molar-refractivity contribution < 1.29 is 14.3 Å². The first-order chi connectivity index (χ1) is 12.3. The molecule has 3 heterocycles. The normalized spacial score (nSPS) is 20.0. The van der Waals surface area contributed by atoms with Crippen LogP contribution in [0.15, 0.2) is 41.1 Å². The minimum atomic E-state index is 0.0702. The quantitative estimate of drug-likeness (QED) is 0.771. The predicted molar refractivity (Wildman–Crippen MR) is 99.1 cm³/mol. The summed E-state index contributed by atoms with van der Waals surface area (Å²) < 4.78 is 11.5. The number of ether oxygens (including phenoxy) is 2. The molecule has 1 amide bonds. The largest absolute Gasteiger partial charge is 0.490 e. The van der Waals surface area contributed by atoms with E-state index >= 15 is 0 Å². The van der Waals surface area contributed by atoms with E-state index in [2.05, 4.69) is 6.07 Å². The number of likely N-dealkylation sites (tertiary alicyclic amines) is 1. The maximum atomic E-state index is 12.7. The molecule has 0 N–H and O–H groups in total. The fraction of sp³-hybridized carbons (Fsp3) is 0.350. The van der Waals surface area contributed by atoms with Crippen molar-refractivity contribution in [3.8, 4) is 11.5 Å². The molecule has 25 heavy (non-hydrogen) atoms. The second kappa shape index (κ2) is 7.31. The number of carbonyl (C=O) groups excluding carboxylic acids is 1. The van der Waals surface area contributed by atoms with Crippen LogP contribution in [0, 0.1) is 0 Å². The third kappa shape index (κ3) is 3.56. The lowest BCUT2D eigenvalue weighted by atomic mass is 10.0. The number of rotatable bonds is 3. The molecule has 1 fully saturated rings. The number of nitrogens with zero attached hydrogens (tertiary/aromatic N) is 1. The van der Waals surface area contributed by atoms with Crippen molar-refractivity contribution in [2.24, 2.45) is 0 Å². The summed E-state index contributed by atoms with van der Waals surface area (Å²) in [6.07, 6.45) is 6.48. The third-order valence-corrected chi connectivity index (χ3v) is 5.36. The van der Waals surface area contributed by atoms with Gasteiger partial charge < -0.3 is 14.4 Å². The van der Waals surface area contributed by atoms with Crippen molar-refractivity contribution in [3.63, 3.8) is 0 Å². The summed E-state index contributed by atoms with van der Waals surface area (Å²) in [6, 6.07) is 8.20. The maximum absolute atomic E-state index is 12.7. The molecule has 4 rings (SSSR count). The highest BCUT2D eigenvalue weighted by Crippen LogP contribution is 2.38. The van der Waals surface area contributed by atoms with Gasteiger partial charge in [0.2, 0.25) is 5.91 Å². The first kappa shape index (κ1) is 16.2. The van der Waals surface area contributed by atoms with Gasteiger partial charge in [0.05, 0.1) is 19.3 Å². The molecule has 4 nitrogen and oxygen atoms in total. The molecule has 5 heteroatoms. The summed E-state index contributed by atoms with van der Waals surface area (Å²) in [7, 11) is 0. The average molecular weight is 355 g/mol. The number of thiophene rings is 1. The highest BCUT2D eigenvalue weighted by molar-refractivity contribution is 7.08. The molecule has 2 aliphatic rings. The van der Waals surface area contributed by atoms with Gasteiger partial charge >= 0.3 is 0 Å². The lowest BCUT2D eigenvalue weighted by Crippen LogP contribution is -2.28. The van der Waals surface area contributed by atoms with Gasteiger partial charge in [0, 0.05) is 19.0 Å². The van der Waals surface area contributed by atoms with Crippen LogP contribution in [0.25, 0.3) is 6.08 Å². The third-order valence-electron chi connectivity index (χ3n) is 4.65. The van der Waals surface area contributed by atoms with Crippen LogP contribution >= 0.6 is 11.3 Å². The summed E-state index contributed by atoms with van der Waals surface area (Å²) in [5.41, 5.74) is 2.20. The van der Waals surface area contributed by atoms with Gasteiger partial charge in [0.15, 0.2) is 11.5 Å². The number of hydrogen-bond donors (Lipinski definition) is 0. The Morgan fingerprint density at radius 2 is 2.04 bits per heavy atom. The van der Waals surface area contributed by atoms with E-state index < -0.39 is 0 Å². The summed E-state index contributed by atoms with van der Waals surface area (Å²) in [5.74, 6) is 1.67. The van der Waals surface area contributed by atoms with Crippen molar-refractivity contribution in [2.45, 2.75) is 25.3 Å². The molecule has 1 saturated heterocycles. The Morgan fingerprint density at radius 3 is 2.88 bits per heavy atom. The Labute approximate surface area is 151 Å².